The SMILES string of the molecule is C=C(NC(=O)C1=CSC(c2ccc(NC(=O)OC(C)(C)C)cc2)N1C)C(=O)N[C@@H](C)C(=O)OC. The molecule has 0 aromatic heterocycles. The lowest BCUT2D eigenvalue weighted by Crippen LogP contribution is -2.43. The average molecular weight is 491 g/mol. The summed E-state index contributed by atoms with van der Waals surface area (Å²) in [7, 11) is 2.97. The van der Waals surface area contributed by atoms with Crippen LogP contribution in [0.25, 0.3) is 0 Å². The maximum Gasteiger partial charge on any atom is 0.412 e. The largest absolute Gasteiger partial charge is 0.467 e. The van der Waals surface area contributed by atoms with E-state index in [4.69, 9.17) is 4.74 Å². The van der Waals surface area contributed by atoms with E-state index in [1.807, 2.05) is 12.1 Å². The number of methoxy groups -OCH3 is 1. The molecule has 3 N–H and O–H groups in total. The third kappa shape index (κ3) is 7.27. The van der Waals surface area contributed by atoms with E-state index in [1.165, 1.54) is 25.8 Å². The molecule has 0 spiro atoms. The topological polar surface area (TPSA) is 126 Å². The number of thioether (sulfide) groups is 1. The van der Waals surface area contributed by atoms with Crippen LogP contribution in [-0.2, 0) is 23.9 Å². The number of carbonyl (C=O) groups excluding carboxylic acids is 4. The fraction of sp³-hybridized carbons (Fsp3) is 0.391. The molecule has 11 heteroatoms. The molecule has 1 heterocycles. The molecule has 3 amide bonds. The Morgan fingerprint density at radius 2 is 1.76 bits per heavy atom. The molecule has 1 aliphatic rings. The second-order valence-electron chi connectivity index (χ2n) is 8.50. The summed E-state index contributed by atoms with van der Waals surface area (Å²) in [6.45, 7) is 10.4. The molecule has 0 bridgehead atoms. The van der Waals surface area contributed by atoms with Gasteiger partial charge in [0.25, 0.3) is 11.8 Å². The van der Waals surface area contributed by atoms with Crippen LogP contribution in [0.5, 0.6) is 0 Å². The number of rotatable bonds is 7. The minimum absolute atomic E-state index is 0.183. The second kappa shape index (κ2) is 11.1. The maximum atomic E-state index is 12.7. The Morgan fingerprint density at radius 1 is 1.15 bits per heavy atom. The summed E-state index contributed by atoms with van der Waals surface area (Å²) in [5.74, 6) is -1.81. The van der Waals surface area contributed by atoms with Crippen molar-refractivity contribution in [3.8, 4) is 0 Å². The fourth-order valence-corrected chi connectivity index (χ4v) is 4.02. The molecule has 1 aromatic rings. The molecule has 0 aliphatic carbocycles. The summed E-state index contributed by atoms with van der Waals surface area (Å²) in [6, 6.07) is 6.31. The van der Waals surface area contributed by atoms with Gasteiger partial charge < -0.3 is 25.0 Å². The molecule has 1 unspecified atom stereocenters. The second-order valence-corrected chi connectivity index (χ2v) is 9.46. The fourth-order valence-electron chi connectivity index (χ4n) is 2.88. The minimum Gasteiger partial charge on any atom is -0.467 e. The maximum absolute atomic E-state index is 12.7. The molecule has 2 rings (SSSR count). The summed E-state index contributed by atoms with van der Waals surface area (Å²) in [5, 5.41) is 9.03. The first-order valence-corrected chi connectivity index (χ1v) is 11.3. The van der Waals surface area contributed by atoms with Crippen molar-refractivity contribution in [1.29, 1.82) is 0 Å². The Balaban J connectivity index is 1.94. The standard InChI is InChI=1S/C23H30N4O6S/c1-13(18(28)25-14(2)21(30)32-7)24-19(29)17-12-34-20(27(17)6)15-8-10-16(11-9-15)26-22(31)33-23(3,4)5/h8-12,14,20H,1H2,2-7H3,(H,24,29)(H,25,28)(H,26,31)/t14-,20?/m0/s1. The van der Waals surface area contributed by atoms with Crippen molar-refractivity contribution in [2.24, 2.45) is 0 Å². The van der Waals surface area contributed by atoms with E-state index < -0.39 is 35.5 Å². The number of nitrogens with zero attached hydrogens (tertiary/aromatic N) is 1. The summed E-state index contributed by atoms with van der Waals surface area (Å²) < 4.78 is 9.79. The number of hydrogen-bond donors (Lipinski definition) is 3. The molecule has 2 atom stereocenters. The lowest BCUT2D eigenvalue weighted by molar-refractivity contribution is -0.144. The van der Waals surface area contributed by atoms with Crippen molar-refractivity contribution in [2.45, 2.75) is 44.7 Å². The van der Waals surface area contributed by atoms with Crippen LogP contribution in [0, 0.1) is 0 Å². The highest BCUT2D eigenvalue weighted by Crippen LogP contribution is 2.41. The molecule has 0 saturated carbocycles. The van der Waals surface area contributed by atoms with Crippen LogP contribution in [-0.4, -0.2) is 54.6 Å². The van der Waals surface area contributed by atoms with Gasteiger partial charge in [0.05, 0.1) is 12.8 Å². The molecular formula is C23H30N4O6S. The van der Waals surface area contributed by atoms with Crippen molar-refractivity contribution in [3.05, 3.63) is 53.2 Å². The number of likely N-dealkylation sites (N-methyl/N-ethyl adjacent to an activating group) is 1. The Bertz CT molecular complexity index is 1000. The molecule has 1 aliphatic heterocycles. The lowest BCUT2D eigenvalue weighted by atomic mass is 10.2. The number of benzene rings is 1. The first kappa shape index (κ1) is 26.8. The van der Waals surface area contributed by atoms with Crippen molar-refractivity contribution in [3.63, 3.8) is 0 Å². The third-order valence-electron chi connectivity index (χ3n) is 4.55. The highest BCUT2D eigenvalue weighted by molar-refractivity contribution is 8.02. The number of amides is 3. The van der Waals surface area contributed by atoms with Crippen molar-refractivity contribution in [2.75, 3.05) is 19.5 Å². The highest BCUT2D eigenvalue weighted by Gasteiger charge is 2.30. The van der Waals surface area contributed by atoms with E-state index in [-0.39, 0.29) is 11.1 Å². The Kier molecular flexibility index (Phi) is 8.74. The van der Waals surface area contributed by atoms with E-state index in [9.17, 15) is 19.2 Å². The van der Waals surface area contributed by atoms with Gasteiger partial charge in [-0.25, -0.2) is 9.59 Å². The van der Waals surface area contributed by atoms with Gasteiger partial charge in [0.15, 0.2) is 0 Å². The molecule has 0 radical (unpaired) electrons. The summed E-state index contributed by atoms with van der Waals surface area (Å²) in [4.78, 5) is 50.0. The number of ether oxygens (including phenoxy) is 2. The average Bonchev–Trinajstić information content (AvgIpc) is 3.13. The molecule has 1 aromatic carbocycles. The monoisotopic (exact) mass is 490 g/mol. The van der Waals surface area contributed by atoms with Crippen molar-refractivity contribution >= 4 is 41.3 Å². The van der Waals surface area contributed by atoms with Crippen LogP contribution in [0.2, 0.25) is 0 Å². The molecule has 10 nitrogen and oxygen atoms in total. The summed E-state index contributed by atoms with van der Waals surface area (Å²) >= 11 is 1.42. The van der Waals surface area contributed by atoms with Gasteiger partial charge in [-0.05, 0) is 45.4 Å². The van der Waals surface area contributed by atoms with Gasteiger partial charge >= 0.3 is 12.1 Å². The summed E-state index contributed by atoms with van der Waals surface area (Å²) in [5.41, 5.74) is 1.05. The number of hydrogen-bond acceptors (Lipinski definition) is 8. The zero-order valence-corrected chi connectivity index (χ0v) is 20.9. The zero-order chi connectivity index (χ0) is 25.6. The molecule has 34 heavy (non-hydrogen) atoms. The van der Waals surface area contributed by atoms with Crippen molar-refractivity contribution in [1.82, 2.24) is 15.5 Å². The van der Waals surface area contributed by atoms with E-state index in [0.29, 0.717) is 11.4 Å². The predicted octanol–water partition coefficient (Wildman–Crippen LogP) is 2.86. The van der Waals surface area contributed by atoms with Gasteiger partial charge in [-0.3, -0.25) is 14.9 Å². The molecule has 184 valence electrons. The van der Waals surface area contributed by atoms with Gasteiger partial charge in [-0.15, -0.1) is 11.8 Å². The van der Waals surface area contributed by atoms with Crippen LogP contribution in [0.15, 0.2) is 47.6 Å². The number of esters is 1. The van der Waals surface area contributed by atoms with Gasteiger partial charge in [0.2, 0.25) is 0 Å². The Morgan fingerprint density at radius 3 is 2.32 bits per heavy atom. The quantitative estimate of drug-likeness (QED) is 0.394. The minimum atomic E-state index is -0.882. The van der Waals surface area contributed by atoms with Gasteiger partial charge in [-0.2, -0.15) is 0 Å². The Hall–Kier alpha value is -3.47. The van der Waals surface area contributed by atoms with Crippen molar-refractivity contribution < 1.29 is 28.7 Å². The van der Waals surface area contributed by atoms with Crippen LogP contribution in [0.3, 0.4) is 0 Å². The first-order valence-electron chi connectivity index (χ1n) is 10.4. The summed E-state index contributed by atoms with van der Waals surface area (Å²) in [6.07, 6.45) is -0.543. The van der Waals surface area contributed by atoms with E-state index in [1.54, 1.807) is 50.3 Å². The van der Waals surface area contributed by atoms with Crippen LogP contribution >= 0.6 is 11.8 Å². The molecule has 0 fully saturated rings. The Labute approximate surface area is 203 Å². The normalized spacial score (nSPS) is 16.1. The van der Waals surface area contributed by atoms with E-state index in [0.717, 1.165) is 5.56 Å². The highest BCUT2D eigenvalue weighted by atomic mass is 32.2. The lowest BCUT2D eigenvalue weighted by Gasteiger charge is -2.24. The number of carbonyl (C=O) groups is 4. The smallest absolute Gasteiger partial charge is 0.412 e. The van der Waals surface area contributed by atoms with Gasteiger partial charge in [0.1, 0.15) is 22.7 Å². The van der Waals surface area contributed by atoms with Crippen LogP contribution < -0.4 is 16.0 Å². The van der Waals surface area contributed by atoms with Gasteiger partial charge in [-0.1, -0.05) is 18.7 Å². The van der Waals surface area contributed by atoms with Crippen LogP contribution in [0.1, 0.15) is 38.6 Å². The number of anilines is 1. The van der Waals surface area contributed by atoms with E-state index >= 15 is 0 Å². The number of nitrogens with one attached hydrogen (secondary N) is 3. The third-order valence-corrected chi connectivity index (χ3v) is 5.76. The zero-order valence-electron chi connectivity index (χ0n) is 20.1. The van der Waals surface area contributed by atoms with Crippen LogP contribution in [0.4, 0.5) is 10.5 Å². The molecule has 0 saturated heterocycles. The first-order chi connectivity index (χ1) is 15.8. The molecular weight excluding hydrogens is 460 g/mol. The van der Waals surface area contributed by atoms with E-state index in [2.05, 4.69) is 27.3 Å². The van der Waals surface area contributed by atoms with Gasteiger partial charge in [0, 0.05) is 18.1 Å². The predicted molar refractivity (Wildman–Crippen MR) is 129 cm³/mol.